The largest absolute Gasteiger partial charge is 0.310 e. The summed E-state index contributed by atoms with van der Waals surface area (Å²) in [7, 11) is 0. The fourth-order valence-corrected chi connectivity index (χ4v) is 10.3. The van der Waals surface area contributed by atoms with Gasteiger partial charge in [-0.15, -0.1) is 11.3 Å². The van der Waals surface area contributed by atoms with Crippen LogP contribution in [0.15, 0.2) is 224 Å². The van der Waals surface area contributed by atoms with Crippen LogP contribution in [-0.2, 0) is 5.41 Å². The number of anilines is 3. The minimum absolute atomic E-state index is 0.511. The lowest BCUT2D eigenvalue weighted by Gasteiger charge is -2.35. The molecule has 0 saturated carbocycles. The monoisotopic (exact) mass is 743 g/mol. The summed E-state index contributed by atoms with van der Waals surface area (Å²) < 4.78 is 2.60. The van der Waals surface area contributed by atoms with Crippen molar-refractivity contribution in [2.75, 3.05) is 4.90 Å². The molecule has 0 radical (unpaired) electrons. The Morgan fingerprint density at radius 1 is 0.333 bits per heavy atom. The molecule has 1 aromatic heterocycles. The third kappa shape index (κ3) is 5.37. The van der Waals surface area contributed by atoms with Gasteiger partial charge in [-0.2, -0.15) is 0 Å². The predicted molar refractivity (Wildman–Crippen MR) is 242 cm³/mol. The molecule has 0 unspecified atom stereocenters. The van der Waals surface area contributed by atoms with E-state index < -0.39 is 5.41 Å². The molecule has 11 rings (SSSR count). The maximum atomic E-state index is 2.49. The normalized spacial score (nSPS) is 12.7. The first-order valence-electron chi connectivity index (χ1n) is 19.6. The summed E-state index contributed by atoms with van der Waals surface area (Å²) in [4.78, 5) is 2.49. The lowest BCUT2D eigenvalue weighted by Crippen LogP contribution is -2.28. The number of rotatable bonds is 7. The molecule has 10 aromatic rings. The zero-order valence-electron chi connectivity index (χ0n) is 31.2. The van der Waals surface area contributed by atoms with E-state index in [1.165, 1.54) is 75.8 Å². The minimum Gasteiger partial charge on any atom is -0.310 e. The summed E-state index contributed by atoms with van der Waals surface area (Å²) in [6.07, 6.45) is 0. The molecular formula is C55H37NS. The number of nitrogens with zero attached hydrogens (tertiary/aromatic N) is 1. The number of fused-ring (bicyclic) bond motifs is 6. The fraction of sp³-hybridized carbons (Fsp3) is 0.0182. The van der Waals surface area contributed by atoms with Crippen molar-refractivity contribution >= 4 is 48.6 Å². The second kappa shape index (κ2) is 13.6. The van der Waals surface area contributed by atoms with Gasteiger partial charge in [0.1, 0.15) is 0 Å². The summed E-state index contributed by atoms with van der Waals surface area (Å²) in [6, 6.07) is 82.7. The van der Waals surface area contributed by atoms with Gasteiger partial charge in [0.15, 0.2) is 0 Å². The standard InChI is InChI=1S/C55H37NS/c1-5-17-38(18-6-1)40-29-33-52(48(35-40)39-19-7-2-8-20-39)56(43-31-34-54-49(36-43)47-26-14-16-28-53(47)57-54)44-30-32-46-45-25-13-15-27-50(45)55(51(46)37-44,41-21-9-3-10-22-41)42-23-11-4-12-24-42/h1-37H. The Morgan fingerprint density at radius 3 is 1.63 bits per heavy atom. The smallest absolute Gasteiger partial charge is 0.0714 e. The summed E-state index contributed by atoms with van der Waals surface area (Å²) in [5, 5.41) is 2.57. The molecule has 0 saturated heterocycles. The Hall–Kier alpha value is -7.00. The summed E-state index contributed by atoms with van der Waals surface area (Å²) in [5.41, 5.74) is 15.2. The second-order valence-corrected chi connectivity index (χ2v) is 15.9. The number of benzene rings is 9. The molecule has 1 aliphatic carbocycles. The molecule has 0 bridgehead atoms. The van der Waals surface area contributed by atoms with E-state index in [4.69, 9.17) is 0 Å². The Bertz CT molecular complexity index is 3020. The van der Waals surface area contributed by atoms with Gasteiger partial charge >= 0.3 is 0 Å². The number of hydrogen-bond acceptors (Lipinski definition) is 2. The maximum Gasteiger partial charge on any atom is 0.0714 e. The van der Waals surface area contributed by atoms with Gasteiger partial charge < -0.3 is 4.90 Å². The third-order valence-electron chi connectivity index (χ3n) is 11.7. The molecule has 57 heavy (non-hydrogen) atoms. The average molecular weight is 744 g/mol. The van der Waals surface area contributed by atoms with Crippen LogP contribution in [0, 0.1) is 0 Å². The SMILES string of the molecule is c1ccc(-c2ccc(N(c3ccc4c(c3)C(c3ccccc3)(c3ccccc3)c3ccccc3-4)c3ccc4sc5ccccc5c4c3)c(-c3ccccc3)c2)cc1. The van der Waals surface area contributed by atoms with E-state index in [2.05, 4.69) is 229 Å². The molecule has 1 heterocycles. The van der Waals surface area contributed by atoms with Crippen LogP contribution < -0.4 is 4.90 Å². The van der Waals surface area contributed by atoms with Crippen LogP contribution in [0.25, 0.3) is 53.6 Å². The van der Waals surface area contributed by atoms with E-state index in [-0.39, 0.29) is 0 Å². The highest BCUT2D eigenvalue weighted by molar-refractivity contribution is 7.25. The quantitative estimate of drug-likeness (QED) is 0.157. The molecule has 0 aliphatic heterocycles. The van der Waals surface area contributed by atoms with Crippen LogP contribution in [0.2, 0.25) is 0 Å². The van der Waals surface area contributed by atoms with E-state index in [0.717, 1.165) is 17.1 Å². The Balaban J connectivity index is 1.22. The van der Waals surface area contributed by atoms with Crippen LogP contribution in [0.3, 0.4) is 0 Å². The van der Waals surface area contributed by atoms with Crippen molar-refractivity contribution in [2.45, 2.75) is 5.41 Å². The maximum absolute atomic E-state index is 2.49. The van der Waals surface area contributed by atoms with Gasteiger partial charge in [-0.05, 0) is 98.6 Å². The van der Waals surface area contributed by atoms with Crippen molar-refractivity contribution in [3.63, 3.8) is 0 Å². The molecule has 0 amide bonds. The van der Waals surface area contributed by atoms with E-state index >= 15 is 0 Å². The summed E-state index contributed by atoms with van der Waals surface area (Å²) in [5.74, 6) is 0. The first-order valence-corrected chi connectivity index (χ1v) is 20.4. The molecular weight excluding hydrogens is 707 g/mol. The molecule has 0 atom stereocenters. The molecule has 0 N–H and O–H groups in total. The van der Waals surface area contributed by atoms with Crippen LogP contribution in [0.5, 0.6) is 0 Å². The van der Waals surface area contributed by atoms with E-state index in [0.29, 0.717) is 0 Å². The van der Waals surface area contributed by atoms with Crippen molar-refractivity contribution < 1.29 is 0 Å². The van der Waals surface area contributed by atoms with E-state index in [1.54, 1.807) is 0 Å². The van der Waals surface area contributed by atoms with Gasteiger partial charge in [-0.1, -0.05) is 176 Å². The highest BCUT2D eigenvalue weighted by Crippen LogP contribution is 2.57. The van der Waals surface area contributed by atoms with Gasteiger partial charge in [0, 0.05) is 37.1 Å². The molecule has 1 nitrogen and oxygen atoms in total. The number of hydrogen-bond donors (Lipinski definition) is 0. The Morgan fingerprint density at radius 2 is 0.895 bits per heavy atom. The van der Waals surface area contributed by atoms with Crippen molar-refractivity contribution in [1.82, 2.24) is 0 Å². The van der Waals surface area contributed by atoms with Crippen LogP contribution in [0.1, 0.15) is 22.3 Å². The minimum atomic E-state index is -0.511. The van der Waals surface area contributed by atoms with E-state index in [1.807, 2.05) is 11.3 Å². The Kier molecular flexibility index (Phi) is 7.98. The fourth-order valence-electron chi connectivity index (χ4n) is 9.24. The van der Waals surface area contributed by atoms with Gasteiger partial charge in [0.25, 0.3) is 0 Å². The van der Waals surface area contributed by atoms with Crippen LogP contribution in [-0.4, -0.2) is 0 Å². The number of thiophene rings is 1. The van der Waals surface area contributed by atoms with Gasteiger partial charge in [0.05, 0.1) is 11.1 Å². The van der Waals surface area contributed by atoms with Crippen LogP contribution in [0.4, 0.5) is 17.1 Å². The average Bonchev–Trinajstić information content (AvgIpc) is 3.81. The van der Waals surface area contributed by atoms with Crippen molar-refractivity contribution in [3.05, 3.63) is 247 Å². The molecule has 9 aromatic carbocycles. The lowest BCUT2D eigenvalue weighted by atomic mass is 9.67. The first kappa shape index (κ1) is 33.3. The molecule has 1 aliphatic rings. The van der Waals surface area contributed by atoms with Crippen molar-refractivity contribution in [1.29, 1.82) is 0 Å². The summed E-state index contributed by atoms with van der Waals surface area (Å²) >= 11 is 1.86. The van der Waals surface area contributed by atoms with Crippen molar-refractivity contribution in [3.8, 4) is 33.4 Å². The Labute approximate surface area is 337 Å². The van der Waals surface area contributed by atoms with Gasteiger partial charge in [0.2, 0.25) is 0 Å². The molecule has 0 fully saturated rings. The first-order chi connectivity index (χ1) is 28.3. The lowest BCUT2D eigenvalue weighted by molar-refractivity contribution is 0.768. The predicted octanol–water partition coefficient (Wildman–Crippen LogP) is 15.2. The van der Waals surface area contributed by atoms with Crippen LogP contribution >= 0.6 is 11.3 Å². The molecule has 268 valence electrons. The highest BCUT2D eigenvalue weighted by atomic mass is 32.1. The highest BCUT2D eigenvalue weighted by Gasteiger charge is 2.46. The topological polar surface area (TPSA) is 3.24 Å². The van der Waals surface area contributed by atoms with E-state index in [9.17, 15) is 0 Å². The van der Waals surface area contributed by atoms with Gasteiger partial charge in [-0.25, -0.2) is 0 Å². The second-order valence-electron chi connectivity index (χ2n) is 14.8. The molecule has 0 spiro atoms. The summed E-state index contributed by atoms with van der Waals surface area (Å²) in [6.45, 7) is 0. The van der Waals surface area contributed by atoms with Crippen molar-refractivity contribution in [2.24, 2.45) is 0 Å². The van der Waals surface area contributed by atoms with Gasteiger partial charge in [-0.3, -0.25) is 0 Å². The zero-order valence-corrected chi connectivity index (χ0v) is 32.0. The molecule has 2 heteroatoms. The zero-order chi connectivity index (χ0) is 37.8. The third-order valence-corrected chi connectivity index (χ3v) is 12.9.